The third-order valence-electron chi connectivity index (χ3n) is 2.22. The van der Waals surface area contributed by atoms with E-state index in [9.17, 15) is 18.0 Å². The van der Waals surface area contributed by atoms with Gasteiger partial charge >= 0.3 is 12.1 Å². The summed E-state index contributed by atoms with van der Waals surface area (Å²) in [6, 6.07) is 5.72. The Bertz CT molecular complexity index is 387. The number of nitrogens with one attached hydrogen (secondary N) is 1. The molecule has 0 radical (unpaired) electrons. The van der Waals surface area contributed by atoms with Gasteiger partial charge in [0.25, 0.3) is 0 Å². The fourth-order valence-corrected chi connectivity index (χ4v) is 1.25. The van der Waals surface area contributed by atoms with Gasteiger partial charge in [-0.2, -0.15) is 13.2 Å². The van der Waals surface area contributed by atoms with E-state index in [4.69, 9.17) is 4.74 Å². The highest BCUT2D eigenvalue weighted by Gasteiger charge is 2.39. The zero-order valence-electron chi connectivity index (χ0n) is 9.34. The zero-order chi connectivity index (χ0) is 13.1. The summed E-state index contributed by atoms with van der Waals surface area (Å²) in [5, 5.41) is 1.87. The maximum absolute atomic E-state index is 12.0. The van der Waals surface area contributed by atoms with Gasteiger partial charge in [0.15, 0.2) is 0 Å². The third-order valence-corrected chi connectivity index (χ3v) is 2.22. The van der Waals surface area contributed by atoms with Crippen molar-refractivity contribution in [3.8, 4) is 5.75 Å². The Morgan fingerprint density at radius 1 is 1.29 bits per heavy atom. The van der Waals surface area contributed by atoms with Gasteiger partial charge in [-0.25, -0.2) is 0 Å². The van der Waals surface area contributed by atoms with E-state index in [-0.39, 0.29) is 0 Å². The highest BCUT2D eigenvalue weighted by molar-refractivity contribution is 5.82. The van der Waals surface area contributed by atoms with Gasteiger partial charge in [-0.15, -0.1) is 0 Å². The number of alkyl halides is 3. The van der Waals surface area contributed by atoms with Crippen LogP contribution < -0.4 is 10.1 Å². The van der Waals surface area contributed by atoms with Crippen molar-refractivity contribution in [1.29, 1.82) is 0 Å². The van der Waals surface area contributed by atoms with Gasteiger partial charge < -0.3 is 10.1 Å². The first-order valence-electron chi connectivity index (χ1n) is 4.86. The van der Waals surface area contributed by atoms with E-state index < -0.39 is 18.1 Å². The van der Waals surface area contributed by atoms with Crippen LogP contribution in [0.2, 0.25) is 0 Å². The number of carbonyl (C=O) groups excluding carboxylic acids is 1. The van der Waals surface area contributed by atoms with E-state index in [2.05, 4.69) is 0 Å². The molecule has 1 aromatic rings. The Kier molecular flexibility index (Phi) is 3.98. The second-order valence-corrected chi connectivity index (χ2v) is 3.47. The van der Waals surface area contributed by atoms with Crippen LogP contribution in [-0.2, 0) is 4.79 Å². The van der Waals surface area contributed by atoms with Crippen LogP contribution in [0.3, 0.4) is 0 Å². The number of hydrogen-bond acceptors (Lipinski definition) is 2. The van der Waals surface area contributed by atoms with E-state index in [1.54, 1.807) is 24.3 Å². The molecule has 0 spiro atoms. The average Bonchev–Trinajstić information content (AvgIpc) is 2.27. The lowest BCUT2D eigenvalue weighted by atomic mass is 10.1. The summed E-state index contributed by atoms with van der Waals surface area (Å²) >= 11 is 0. The Morgan fingerprint density at radius 3 is 2.24 bits per heavy atom. The average molecular weight is 247 g/mol. The molecule has 3 nitrogen and oxygen atoms in total. The topological polar surface area (TPSA) is 38.3 Å². The Balaban J connectivity index is 2.70. The van der Waals surface area contributed by atoms with Crippen molar-refractivity contribution in [2.45, 2.75) is 19.1 Å². The number of methoxy groups -OCH3 is 1. The number of benzene rings is 1. The van der Waals surface area contributed by atoms with Crippen molar-refractivity contribution in [2.75, 3.05) is 7.11 Å². The number of hydrogen-bond donors (Lipinski definition) is 1. The number of ether oxygens (including phenoxy) is 1. The summed E-state index contributed by atoms with van der Waals surface area (Å²) in [6.45, 7) is 1.48. The normalized spacial score (nSPS) is 13.0. The SMILES string of the molecule is COc1ccc(C(C)NC(=O)C(F)(F)F)cc1. The number of carbonyl (C=O) groups is 1. The smallest absolute Gasteiger partial charge is 0.471 e. The second kappa shape index (κ2) is 5.07. The van der Waals surface area contributed by atoms with Gasteiger partial charge in [-0.1, -0.05) is 12.1 Å². The Hall–Kier alpha value is -1.72. The summed E-state index contributed by atoms with van der Waals surface area (Å²) in [7, 11) is 1.49. The van der Waals surface area contributed by atoms with Crippen LogP contribution in [0.15, 0.2) is 24.3 Å². The van der Waals surface area contributed by atoms with E-state index in [0.29, 0.717) is 11.3 Å². The van der Waals surface area contributed by atoms with Crippen molar-refractivity contribution >= 4 is 5.91 Å². The van der Waals surface area contributed by atoms with E-state index in [1.807, 2.05) is 5.32 Å². The van der Waals surface area contributed by atoms with Crippen molar-refractivity contribution in [3.63, 3.8) is 0 Å². The van der Waals surface area contributed by atoms with Crippen molar-refractivity contribution in [3.05, 3.63) is 29.8 Å². The lowest BCUT2D eigenvalue weighted by Crippen LogP contribution is -2.38. The van der Waals surface area contributed by atoms with Gasteiger partial charge in [-0.05, 0) is 24.6 Å². The first-order valence-corrected chi connectivity index (χ1v) is 4.86. The predicted molar refractivity (Wildman–Crippen MR) is 55.6 cm³/mol. The van der Waals surface area contributed by atoms with Crippen LogP contribution in [0, 0.1) is 0 Å². The molecule has 1 amide bonds. The minimum absolute atomic E-state index is 0.573. The summed E-state index contributed by atoms with van der Waals surface area (Å²) in [5.74, 6) is -1.34. The molecular weight excluding hydrogens is 235 g/mol. The summed E-state index contributed by atoms with van der Waals surface area (Å²) < 4.78 is 41.0. The molecule has 1 rings (SSSR count). The second-order valence-electron chi connectivity index (χ2n) is 3.47. The largest absolute Gasteiger partial charge is 0.497 e. The maximum Gasteiger partial charge on any atom is 0.471 e. The molecule has 17 heavy (non-hydrogen) atoms. The molecule has 1 aromatic carbocycles. The molecule has 0 aliphatic rings. The lowest BCUT2D eigenvalue weighted by molar-refractivity contribution is -0.174. The van der Waals surface area contributed by atoms with Crippen molar-refractivity contribution in [2.24, 2.45) is 0 Å². The molecule has 0 aromatic heterocycles. The fourth-order valence-electron chi connectivity index (χ4n) is 1.25. The molecule has 0 fully saturated rings. The molecule has 0 aliphatic heterocycles. The van der Waals surface area contributed by atoms with E-state index >= 15 is 0 Å². The van der Waals surface area contributed by atoms with Crippen LogP contribution >= 0.6 is 0 Å². The molecule has 1 atom stereocenters. The number of halogens is 3. The molecule has 6 heteroatoms. The molecule has 0 saturated heterocycles. The molecular formula is C11H12F3NO2. The molecule has 1 N–H and O–H groups in total. The van der Waals surface area contributed by atoms with Gasteiger partial charge in [0.1, 0.15) is 5.75 Å². The summed E-state index contributed by atoms with van der Waals surface area (Å²) in [6.07, 6.45) is -4.86. The minimum atomic E-state index is -4.86. The van der Waals surface area contributed by atoms with Crippen LogP contribution in [-0.4, -0.2) is 19.2 Å². The minimum Gasteiger partial charge on any atom is -0.497 e. The highest BCUT2D eigenvalue weighted by Crippen LogP contribution is 2.20. The van der Waals surface area contributed by atoms with Crippen LogP contribution in [0.25, 0.3) is 0 Å². The van der Waals surface area contributed by atoms with Gasteiger partial charge in [-0.3, -0.25) is 4.79 Å². The molecule has 1 unspecified atom stereocenters. The van der Waals surface area contributed by atoms with Crippen LogP contribution in [0.1, 0.15) is 18.5 Å². The maximum atomic E-state index is 12.0. The molecule has 0 saturated carbocycles. The van der Waals surface area contributed by atoms with E-state index in [0.717, 1.165) is 0 Å². The van der Waals surface area contributed by atoms with Crippen molar-refractivity contribution < 1.29 is 22.7 Å². The van der Waals surface area contributed by atoms with Crippen molar-refractivity contribution in [1.82, 2.24) is 5.32 Å². The predicted octanol–water partition coefficient (Wildman–Crippen LogP) is 2.43. The number of amides is 1. The fraction of sp³-hybridized carbons (Fsp3) is 0.364. The zero-order valence-corrected chi connectivity index (χ0v) is 9.34. The van der Waals surface area contributed by atoms with Gasteiger partial charge in [0.05, 0.1) is 13.2 Å². The Labute approximate surface area is 96.6 Å². The lowest BCUT2D eigenvalue weighted by Gasteiger charge is -2.15. The first kappa shape index (κ1) is 13.3. The summed E-state index contributed by atoms with van der Waals surface area (Å²) in [5.41, 5.74) is 0.573. The van der Waals surface area contributed by atoms with Gasteiger partial charge in [0.2, 0.25) is 0 Å². The van der Waals surface area contributed by atoms with Crippen LogP contribution in [0.4, 0.5) is 13.2 Å². The molecule has 0 aliphatic carbocycles. The molecule has 94 valence electrons. The monoisotopic (exact) mass is 247 g/mol. The first-order chi connectivity index (χ1) is 7.84. The molecule has 0 bridgehead atoms. The quantitative estimate of drug-likeness (QED) is 0.890. The van der Waals surface area contributed by atoms with Gasteiger partial charge in [0, 0.05) is 0 Å². The van der Waals surface area contributed by atoms with E-state index in [1.165, 1.54) is 14.0 Å². The standard InChI is InChI=1S/C11H12F3NO2/c1-7(15-10(16)11(12,13)14)8-3-5-9(17-2)6-4-8/h3-7H,1-2H3,(H,15,16). The molecule has 0 heterocycles. The summed E-state index contributed by atoms with van der Waals surface area (Å²) in [4.78, 5) is 10.7. The highest BCUT2D eigenvalue weighted by atomic mass is 19.4. The number of rotatable bonds is 3. The third kappa shape index (κ3) is 3.65. The van der Waals surface area contributed by atoms with Crippen LogP contribution in [0.5, 0.6) is 5.75 Å². The Morgan fingerprint density at radius 2 is 1.82 bits per heavy atom.